The number of hydrogen-bond donors (Lipinski definition) is 2. The maximum Gasteiger partial charge on any atom is 0.328 e. The lowest BCUT2D eigenvalue weighted by molar-refractivity contribution is -0.131. The molecule has 5 nitrogen and oxygen atoms in total. The van der Waals surface area contributed by atoms with E-state index < -0.39 is 11.8 Å². The number of rotatable bonds is 4. The fourth-order valence-corrected chi connectivity index (χ4v) is 2.51. The van der Waals surface area contributed by atoms with Crippen LogP contribution in [0.3, 0.4) is 0 Å². The summed E-state index contributed by atoms with van der Waals surface area (Å²) in [6.07, 6.45) is 2.96. The molecule has 0 radical (unpaired) electrons. The van der Waals surface area contributed by atoms with E-state index in [2.05, 4.69) is 5.32 Å². The van der Waals surface area contributed by atoms with E-state index in [4.69, 9.17) is 5.11 Å². The molecule has 0 bridgehead atoms. The van der Waals surface area contributed by atoms with Crippen molar-refractivity contribution in [1.29, 1.82) is 0 Å². The van der Waals surface area contributed by atoms with Crippen molar-refractivity contribution in [2.45, 2.75) is 19.4 Å². The summed E-state index contributed by atoms with van der Waals surface area (Å²) in [4.78, 5) is 23.6. The van der Waals surface area contributed by atoms with Gasteiger partial charge in [0.2, 0.25) is 5.91 Å². The van der Waals surface area contributed by atoms with Gasteiger partial charge >= 0.3 is 5.97 Å². The highest BCUT2D eigenvalue weighted by Gasteiger charge is 2.25. The minimum absolute atomic E-state index is 0.0297. The monoisotopic (exact) mass is 292 g/mol. The molecule has 112 valence electrons. The number of nitrogens with one attached hydrogen (secondary N) is 1. The number of hydrogen-bond acceptors (Lipinski definition) is 3. The van der Waals surface area contributed by atoms with Gasteiger partial charge in [-0.05, 0) is 24.6 Å². The smallest absolute Gasteiger partial charge is 0.328 e. The van der Waals surface area contributed by atoms with Crippen molar-refractivity contribution >= 4 is 23.6 Å². The Bertz CT molecular complexity index is 586. The number of nitrogens with zero attached hydrogens (tertiary/aromatic N) is 1. The van der Waals surface area contributed by atoms with Gasteiger partial charge in [0, 0.05) is 43.4 Å². The van der Waals surface area contributed by atoms with Crippen LogP contribution in [0.4, 0.5) is 10.1 Å². The highest BCUT2D eigenvalue weighted by Crippen LogP contribution is 2.27. The number of carbonyl (C=O) groups is 2. The Morgan fingerprint density at radius 1 is 1.48 bits per heavy atom. The zero-order valence-electron chi connectivity index (χ0n) is 11.7. The van der Waals surface area contributed by atoms with Gasteiger partial charge in [0.25, 0.3) is 0 Å². The summed E-state index contributed by atoms with van der Waals surface area (Å²) < 4.78 is 13.9. The zero-order chi connectivity index (χ0) is 15.4. The highest BCUT2D eigenvalue weighted by atomic mass is 19.1. The lowest BCUT2D eigenvalue weighted by atomic mass is 10.1. The Balaban J connectivity index is 2.22. The van der Waals surface area contributed by atoms with E-state index in [9.17, 15) is 14.0 Å². The first kappa shape index (κ1) is 15.0. The fraction of sp³-hybridized carbons (Fsp3) is 0.333. The standard InChI is InChI=1S/C15H17FN2O3/c1-10(19)17-11-7-8-18(9-11)14-4-2-3-13(16)12(14)5-6-15(20)21/h2-6,11H,7-9H2,1H3,(H,17,19)(H,20,21)/b6-5+. The second-order valence-corrected chi connectivity index (χ2v) is 4.98. The number of carboxylic acid groups (broad SMARTS) is 1. The van der Waals surface area contributed by atoms with E-state index in [0.29, 0.717) is 18.8 Å². The van der Waals surface area contributed by atoms with Crippen LogP contribution in [-0.2, 0) is 9.59 Å². The maximum atomic E-state index is 13.9. The normalized spacial score (nSPS) is 18.2. The van der Waals surface area contributed by atoms with Crippen LogP contribution in [0, 0.1) is 5.82 Å². The molecule has 6 heteroatoms. The predicted octanol–water partition coefficient (Wildman–Crippen LogP) is 1.64. The predicted molar refractivity (Wildman–Crippen MR) is 77.5 cm³/mol. The van der Waals surface area contributed by atoms with Crippen molar-refractivity contribution in [3.63, 3.8) is 0 Å². The third-order valence-electron chi connectivity index (χ3n) is 3.36. The largest absolute Gasteiger partial charge is 0.478 e. The van der Waals surface area contributed by atoms with E-state index in [1.807, 2.05) is 4.90 Å². The lowest BCUT2D eigenvalue weighted by Gasteiger charge is -2.21. The molecule has 0 aliphatic carbocycles. The molecular weight excluding hydrogens is 275 g/mol. The van der Waals surface area contributed by atoms with Gasteiger partial charge in [-0.2, -0.15) is 0 Å². The molecule has 1 saturated heterocycles. The number of halogens is 1. The first-order valence-electron chi connectivity index (χ1n) is 6.69. The van der Waals surface area contributed by atoms with Gasteiger partial charge in [-0.1, -0.05) is 6.07 Å². The third kappa shape index (κ3) is 3.81. The van der Waals surface area contributed by atoms with Crippen molar-refractivity contribution in [2.24, 2.45) is 0 Å². The van der Waals surface area contributed by atoms with E-state index in [1.54, 1.807) is 12.1 Å². The Labute approximate surface area is 122 Å². The Morgan fingerprint density at radius 3 is 2.90 bits per heavy atom. The number of amides is 1. The quantitative estimate of drug-likeness (QED) is 0.828. The number of anilines is 1. The van der Waals surface area contributed by atoms with Crippen LogP contribution in [0.2, 0.25) is 0 Å². The molecule has 1 aromatic carbocycles. The molecule has 1 atom stereocenters. The third-order valence-corrected chi connectivity index (χ3v) is 3.36. The zero-order valence-corrected chi connectivity index (χ0v) is 11.7. The molecule has 1 aliphatic rings. The first-order chi connectivity index (χ1) is 9.97. The van der Waals surface area contributed by atoms with Gasteiger partial charge in [-0.3, -0.25) is 4.79 Å². The Morgan fingerprint density at radius 2 is 2.24 bits per heavy atom. The van der Waals surface area contributed by atoms with Gasteiger partial charge in [0.05, 0.1) is 0 Å². The fourth-order valence-electron chi connectivity index (χ4n) is 2.51. The number of carbonyl (C=O) groups excluding carboxylic acids is 1. The summed E-state index contributed by atoms with van der Waals surface area (Å²) in [6.45, 7) is 2.73. The minimum Gasteiger partial charge on any atom is -0.478 e. The van der Waals surface area contributed by atoms with Gasteiger partial charge in [0.1, 0.15) is 5.82 Å². The van der Waals surface area contributed by atoms with Crippen LogP contribution in [0.15, 0.2) is 24.3 Å². The maximum absolute atomic E-state index is 13.9. The molecule has 0 aromatic heterocycles. The molecule has 1 aromatic rings. The van der Waals surface area contributed by atoms with Crippen LogP contribution in [0.5, 0.6) is 0 Å². The summed E-state index contributed by atoms with van der Waals surface area (Å²) in [5.41, 5.74) is 0.892. The highest BCUT2D eigenvalue weighted by molar-refractivity contribution is 5.87. The number of benzene rings is 1. The van der Waals surface area contributed by atoms with E-state index in [-0.39, 0.29) is 17.5 Å². The molecule has 1 unspecified atom stereocenters. The van der Waals surface area contributed by atoms with Crippen LogP contribution >= 0.6 is 0 Å². The summed E-state index contributed by atoms with van der Waals surface area (Å²) in [7, 11) is 0. The van der Waals surface area contributed by atoms with Crippen molar-refractivity contribution in [2.75, 3.05) is 18.0 Å². The number of carboxylic acids is 1. The minimum atomic E-state index is -1.12. The molecule has 0 saturated carbocycles. The topological polar surface area (TPSA) is 69.6 Å². The van der Waals surface area contributed by atoms with Gasteiger partial charge in [0.15, 0.2) is 0 Å². The molecule has 1 fully saturated rings. The number of aliphatic carboxylic acids is 1. The van der Waals surface area contributed by atoms with Gasteiger partial charge in [-0.25, -0.2) is 9.18 Å². The average Bonchev–Trinajstić information content (AvgIpc) is 2.84. The molecule has 2 N–H and O–H groups in total. The van der Waals surface area contributed by atoms with Crippen molar-refractivity contribution < 1.29 is 19.1 Å². The van der Waals surface area contributed by atoms with Crippen LogP contribution in [-0.4, -0.2) is 36.1 Å². The SMILES string of the molecule is CC(=O)NC1CCN(c2cccc(F)c2/C=C/C(=O)O)C1. The first-order valence-corrected chi connectivity index (χ1v) is 6.69. The van der Waals surface area contributed by atoms with Crippen LogP contribution in [0.25, 0.3) is 6.08 Å². The summed E-state index contributed by atoms with van der Waals surface area (Å²) in [6, 6.07) is 4.67. The van der Waals surface area contributed by atoms with E-state index >= 15 is 0 Å². The van der Waals surface area contributed by atoms with Gasteiger partial charge in [-0.15, -0.1) is 0 Å². The van der Waals surface area contributed by atoms with E-state index in [0.717, 1.165) is 12.5 Å². The second kappa shape index (κ2) is 6.39. The second-order valence-electron chi connectivity index (χ2n) is 4.98. The van der Waals surface area contributed by atoms with Crippen molar-refractivity contribution in [1.82, 2.24) is 5.32 Å². The van der Waals surface area contributed by atoms with Crippen molar-refractivity contribution in [3.05, 3.63) is 35.7 Å². The molecular formula is C15H17FN2O3. The molecule has 1 aliphatic heterocycles. The van der Waals surface area contributed by atoms with Crippen molar-refractivity contribution in [3.8, 4) is 0 Å². The van der Waals surface area contributed by atoms with Crippen LogP contribution in [0.1, 0.15) is 18.9 Å². The summed E-state index contributed by atoms with van der Waals surface area (Å²) in [5, 5.41) is 11.5. The van der Waals surface area contributed by atoms with E-state index in [1.165, 1.54) is 19.1 Å². The summed E-state index contributed by atoms with van der Waals surface area (Å²) in [5.74, 6) is -1.68. The molecule has 1 amide bonds. The lowest BCUT2D eigenvalue weighted by Crippen LogP contribution is -2.35. The van der Waals surface area contributed by atoms with Gasteiger partial charge < -0.3 is 15.3 Å². The summed E-state index contributed by atoms with van der Waals surface area (Å²) >= 11 is 0. The molecule has 21 heavy (non-hydrogen) atoms. The Kier molecular flexibility index (Phi) is 4.57. The van der Waals surface area contributed by atoms with Crippen LogP contribution < -0.4 is 10.2 Å². The molecule has 2 rings (SSSR count). The molecule has 0 spiro atoms. The average molecular weight is 292 g/mol. The molecule has 1 heterocycles. The Hall–Kier alpha value is -2.37.